The SMILES string of the molecule is O=C1CC(c2ccccc2)c2sc(C(=O)O)c(-c3cccc(F)c3)c2N1. The van der Waals surface area contributed by atoms with Gasteiger partial charge >= 0.3 is 5.97 Å². The number of carboxylic acids is 1. The molecule has 1 aliphatic heterocycles. The number of carboxylic acid groups (broad SMARTS) is 1. The van der Waals surface area contributed by atoms with Crippen molar-refractivity contribution in [3.63, 3.8) is 0 Å². The van der Waals surface area contributed by atoms with Crippen LogP contribution in [0.2, 0.25) is 0 Å². The van der Waals surface area contributed by atoms with Crippen LogP contribution in [0.15, 0.2) is 54.6 Å². The van der Waals surface area contributed by atoms with Crippen LogP contribution in [0, 0.1) is 5.82 Å². The Bertz CT molecular complexity index is 1010. The third-order valence-corrected chi connectivity index (χ3v) is 5.71. The van der Waals surface area contributed by atoms with Crippen molar-refractivity contribution in [3.05, 3.63) is 75.7 Å². The lowest BCUT2D eigenvalue weighted by Crippen LogP contribution is -2.22. The summed E-state index contributed by atoms with van der Waals surface area (Å²) in [5, 5.41) is 12.5. The van der Waals surface area contributed by atoms with Gasteiger partial charge in [-0.25, -0.2) is 9.18 Å². The van der Waals surface area contributed by atoms with Crippen LogP contribution in [-0.2, 0) is 4.79 Å². The molecule has 0 saturated carbocycles. The van der Waals surface area contributed by atoms with Gasteiger partial charge in [-0.2, -0.15) is 0 Å². The van der Waals surface area contributed by atoms with Crippen LogP contribution in [0.1, 0.15) is 32.5 Å². The molecule has 0 saturated heterocycles. The number of hydrogen-bond acceptors (Lipinski definition) is 3. The molecule has 4 rings (SSSR count). The average Bonchev–Trinajstić information content (AvgIpc) is 3.01. The number of anilines is 1. The number of fused-ring (bicyclic) bond motifs is 1. The molecule has 0 bridgehead atoms. The Balaban J connectivity index is 1.96. The molecule has 6 heteroatoms. The Morgan fingerprint density at radius 2 is 1.92 bits per heavy atom. The highest BCUT2D eigenvalue weighted by atomic mass is 32.1. The van der Waals surface area contributed by atoms with Crippen molar-refractivity contribution in [1.29, 1.82) is 0 Å². The van der Waals surface area contributed by atoms with Gasteiger partial charge in [0.1, 0.15) is 10.7 Å². The molecule has 130 valence electrons. The summed E-state index contributed by atoms with van der Waals surface area (Å²) in [6.07, 6.45) is 0.249. The van der Waals surface area contributed by atoms with E-state index in [0.717, 1.165) is 21.8 Å². The van der Waals surface area contributed by atoms with Crippen LogP contribution in [0.4, 0.5) is 10.1 Å². The first-order valence-corrected chi connectivity index (χ1v) is 8.87. The summed E-state index contributed by atoms with van der Waals surface area (Å²) in [5.74, 6) is -1.95. The van der Waals surface area contributed by atoms with Crippen LogP contribution in [0.5, 0.6) is 0 Å². The third-order valence-electron chi connectivity index (χ3n) is 4.42. The van der Waals surface area contributed by atoms with Crippen molar-refractivity contribution in [2.45, 2.75) is 12.3 Å². The zero-order valence-corrected chi connectivity index (χ0v) is 14.3. The van der Waals surface area contributed by atoms with E-state index in [9.17, 15) is 19.1 Å². The lowest BCUT2D eigenvalue weighted by Gasteiger charge is -2.23. The third kappa shape index (κ3) is 2.78. The van der Waals surface area contributed by atoms with Crippen molar-refractivity contribution >= 4 is 28.9 Å². The highest BCUT2D eigenvalue weighted by molar-refractivity contribution is 7.15. The maximum absolute atomic E-state index is 13.7. The number of hydrogen-bond donors (Lipinski definition) is 2. The van der Waals surface area contributed by atoms with Gasteiger partial charge in [-0.15, -0.1) is 11.3 Å². The summed E-state index contributed by atoms with van der Waals surface area (Å²) in [5.41, 5.74) is 2.23. The fourth-order valence-corrected chi connectivity index (χ4v) is 4.56. The van der Waals surface area contributed by atoms with Gasteiger partial charge in [0, 0.05) is 22.8 Å². The maximum atomic E-state index is 13.7. The number of benzene rings is 2. The van der Waals surface area contributed by atoms with Crippen LogP contribution in [-0.4, -0.2) is 17.0 Å². The van der Waals surface area contributed by atoms with E-state index in [1.165, 1.54) is 18.2 Å². The van der Waals surface area contributed by atoms with E-state index in [4.69, 9.17) is 0 Å². The van der Waals surface area contributed by atoms with Crippen molar-refractivity contribution in [2.24, 2.45) is 0 Å². The van der Waals surface area contributed by atoms with E-state index in [-0.39, 0.29) is 23.1 Å². The van der Waals surface area contributed by atoms with Gasteiger partial charge < -0.3 is 10.4 Å². The minimum absolute atomic E-state index is 0.101. The predicted octanol–water partition coefficient (Wildman–Crippen LogP) is 4.73. The maximum Gasteiger partial charge on any atom is 0.346 e. The number of thiophene rings is 1. The first-order valence-electron chi connectivity index (χ1n) is 8.05. The second-order valence-corrected chi connectivity index (χ2v) is 7.13. The fourth-order valence-electron chi connectivity index (χ4n) is 3.31. The average molecular weight is 367 g/mol. The fraction of sp³-hybridized carbons (Fsp3) is 0.100. The molecule has 4 nitrogen and oxygen atoms in total. The molecular formula is C20H14FNO3S. The Morgan fingerprint density at radius 3 is 2.62 bits per heavy atom. The number of carbonyl (C=O) groups excluding carboxylic acids is 1. The molecule has 0 spiro atoms. The van der Waals surface area contributed by atoms with Gasteiger partial charge in [-0.1, -0.05) is 42.5 Å². The molecule has 26 heavy (non-hydrogen) atoms. The lowest BCUT2D eigenvalue weighted by atomic mass is 9.89. The molecule has 1 amide bonds. The zero-order chi connectivity index (χ0) is 18.3. The van der Waals surface area contributed by atoms with Gasteiger partial charge in [0.15, 0.2) is 0 Å². The molecule has 1 aromatic heterocycles. The first-order chi connectivity index (χ1) is 12.5. The van der Waals surface area contributed by atoms with E-state index in [0.29, 0.717) is 16.8 Å². The quantitative estimate of drug-likeness (QED) is 0.703. The second kappa shape index (κ2) is 6.38. The Morgan fingerprint density at radius 1 is 1.15 bits per heavy atom. The minimum Gasteiger partial charge on any atom is -0.477 e. The van der Waals surface area contributed by atoms with E-state index >= 15 is 0 Å². The lowest BCUT2D eigenvalue weighted by molar-refractivity contribution is -0.116. The number of rotatable bonds is 3. The number of amides is 1. The summed E-state index contributed by atoms with van der Waals surface area (Å²) >= 11 is 1.14. The summed E-state index contributed by atoms with van der Waals surface area (Å²) in [7, 11) is 0. The summed E-state index contributed by atoms with van der Waals surface area (Å²) in [6.45, 7) is 0. The number of halogens is 1. The smallest absolute Gasteiger partial charge is 0.346 e. The first kappa shape index (κ1) is 16.5. The summed E-state index contributed by atoms with van der Waals surface area (Å²) < 4.78 is 13.7. The normalized spacial score (nSPS) is 16.0. The molecule has 1 unspecified atom stereocenters. The highest BCUT2D eigenvalue weighted by Crippen LogP contribution is 2.49. The zero-order valence-electron chi connectivity index (χ0n) is 13.5. The standard InChI is InChI=1S/C20H14FNO3S/c21-13-8-4-7-12(9-13)16-17-18(26-19(16)20(24)25)14(10-15(23)22-17)11-5-2-1-3-6-11/h1-9,14H,10H2,(H,22,23)(H,24,25). The highest BCUT2D eigenvalue weighted by Gasteiger charge is 2.34. The molecule has 1 atom stereocenters. The monoisotopic (exact) mass is 367 g/mol. The molecule has 0 fully saturated rings. The number of nitrogens with one attached hydrogen (secondary N) is 1. The molecule has 2 heterocycles. The van der Waals surface area contributed by atoms with Gasteiger partial charge in [0.2, 0.25) is 5.91 Å². The molecule has 2 N–H and O–H groups in total. The van der Waals surface area contributed by atoms with Crippen molar-refractivity contribution < 1.29 is 19.1 Å². The van der Waals surface area contributed by atoms with Crippen molar-refractivity contribution in [1.82, 2.24) is 0 Å². The Kier molecular flexibility index (Phi) is 4.05. The molecular weight excluding hydrogens is 353 g/mol. The van der Waals surface area contributed by atoms with Gasteiger partial charge in [-0.05, 0) is 23.3 Å². The minimum atomic E-state index is -1.09. The number of carbonyl (C=O) groups is 2. The van der Waals surface area contributed by atoms with Gasteiger partial charge in [-0.3, -0.25) is 4.79 Å². The van der Waals surface area contributed by atoms with Crippen molar-refractivity contribution in [2.75, 3.05) is 5.32 Å². The predicted molar refractivity (Wildman–Crippen MR) is 98.2 cm³/mol. The largest absolute Gasteiger partial charge is 0.477 e. The topological polar surface area (TPSA) is 66.4 Å². The molecule has 0 radical (unpaired) electrons. The van der Waals surface area contributed by atoms with Crippen LogP contribution >= 0.6 is 11.3 Å². The second-order valence-electron chi connectivity index (χ2n) is 6.08. The Labute approximate surface area is 152 Å². The molecule has 1 aliphatic rings. The Hall–Kier alpha value is -2.99. The van der Waals surface area contributed by atoms with Crippen LogP contribution in [0.25, 0.3) is 11.1 Å². The van der Waals surface area contributed by atoms with E-state index in [2.05, 4.69) is 5.32 Å². The van der Waals surface area contributed by atoms with E-state index < -0.39 is 11.8 Å². The summed E-state index contributed by atoms with van der Waals surface area (Å²) in [4.78, 5) is 25.0. The van der Waals surface area contributed by atoms with E-state index in [1.54, 1.807) is 6.07 Å². The van der Waals surface area contributed by atoms with Crippen molar-refractivity contribution in [3.8, 4) is 11.1 Å². The molecule has 2 aromatic carbocycles. The van der Waals surface area contributed by atoms with E-state index in [1.807, 2.05) is 30.3 Å². The van der Waals surface area contributed by atoms with Crippen LogP contribution in [0.3, 0.4) is 0 Å². The molecule has 0 aliphatic carbocycles. The molecule has 3 aromatic rings. The van der Waals surface area contributed by atoms with Crippen LogP contribution < -0.4 is 5.32 Å². The summed E-state index contributed by atoms with van der Waals surface area (Å²) in [6, 6.07) is 15.3. The number of aromatic carboxylic acids is 1. The van der Waals surface area contributed by atoms with Gasteiger partial charge in [0.05, 0.1) is 5.69 Å². The van der Waals surface area contributed by atoms with Gasteiger partial charge in [0.25, 0.3) is 0 Å².